The van der Waals surface area contributed by atoms with Gasteiger partial charge in [-0.1, -0.05) is 30.3 Å². The molecule has 0 spiro atoms. The summed E-state index contributed by atoms with van der Waals surface area (Å²) in [6, 6.07) is 11.9. The summed E-state index contributed by atoms with van der Waals surface area (Å²) in [4.78, 5) is 0. The van der Waals surface area contributed by atoms with Gasteiger partial charge < -0.3 is 15.5 Å². The molecule has 3 heteroatoms. The summed E-state index contributed by atoms with van der Waals surface area (Å²) in [6.45, 7) is 1.64. The average molecular weight is 285 g/mol. The number of benzene rings is 2. The van der Waals surface area contributed by atoms with Crippen LogP contribution in [0.4, 0.5) is 0 Å². The lowest BCUT2D eigenvalue weighted by Crippen LogP contribution is -2.27. The molecule has 1 aliphatic carbocycles. The second-order valence-corrected chi connectivity index (χ2v) is 6.09. The number of nitrogens with one attached hydrogen (secondary N) is 1. The molecule has 1 saturated carbocycles. The molecule has 0 saturated heterocycles. The Hall–Kier alpha value is -1.58. The van der Waals surface area contributed by atoms with Gasteiger partial charge in [0.25, 0.3) is 0 Å². The zero-order chi connectivity index (χ0) is 14.7. The van der Waals surface area contributed by atoms with E-state index in [1.165, 1.54) is 0 Å². The van der Waals surface area contributed by atoms with Crippen LogP contribution in [0.3, 0.4) is 0 Å². The van der Waals surface area contributed by atoms with Gasteiger partial charge in [0.05, 0.1) is 6.10 Å². The second-order valence-electron chi connectivity index (χ2n) is 6.09. The van der Waals surface area contributed by atoms with E-state index in [4.69, 9.17) is 0 Å². The van der Waals surface area contributed by atoms with Crippen LogP contribution < -0.4 is 5.32 Å². The van der Waals surface area contributed by atoms with Crippen LogP contribution in [0, 0.1) is 5.92 Å². The van der Waals surface area contributed by atoms with Crippen LogP contribution in [0.1, 0.15) is 31.2 Å². The van der Waals surface area contributed by atoms with Gasteiger partial charge in [0.1, 0.15) is 5.75 Å². The molecule has 21 heavy (non-hydrogen) atoms. The predicted octanol–water partition coefficient (Wildman–Crippen LogP) is 3.19. The van der Waals surface area contributed by atoms with Gasteiger partial charge in [0.2, 0.25) is 0 Å². The second kappa shape index (κ2) is 6.46. The minimum Gasteiger partial charge on any atom is -0.508 e. The molecular weight excluding hydrogens is 262 g/mol. The van der Waals surface area contributed by atoms with E-state index in [1.807, 2.05) is 18.2 Å². The van der Waals surface area contributed by atoms with Gasteiger partial charge in [-0.2, -0.15) is 0 Å². The Bertz CT molecular complexity index is 603. The van der Waals surface area contributed by atoms with Crippen molar-refractivity contribution in [2.45, 2.75) is 38.3 Å². The smallest absolute Gasteiger partial charge is 0.120 e. The summed E-state index contributed by atoms with van der Waals surface area (Å²) in [7, 11) is 0. The number of phenolic OH excluding ortho intramolecular Hbond substituents is 1. The third kappa shape index (κ3) is 3.36. The first-order chi connectivity index (χ1) is 10.2. The fourth-order valence-electron chi connectivity index (χ4n) is 3.26. The Balaban J connectivity index is 1.64. The minimum absolute atomic E-state index is 0.0941. The van der Waals surface area contributed by atoms with Crippen LogP contribution in [0.25, 0.3) is 10.8 Å². The molecule has 0 bridgehead atoms. The zero-order valence-electron chi connectivity index (χ0n) is 12.3. The van der Waals surface area contributed by atoms with Crippen molar-refractivity contribution in [3.05, 3.63) is 42.0 Å². The maximum absolute atomic E-state index is 10.1. The van der Waals surface area contributed by atoms with Crippen LogP contribution in [0.15, 0.2) is 36.4 Å². The molecule has 3 rings (SSSR count). The third-order valence-corrected chi connectivity index (χ3v) is 4.57. The lowest BCUT2D eigenvalue weighted by molar-refractivity contribution is 0.108. The van der Waals surface area contributed by atoms with E-state index in [0.29, 0.717) is 18.2 Å². The van der Waals surface area contributed by atoms with E-state index in [9.17, 15) is 10.2 Å². The van der Waals surface area contributed by atoms with E-state index in [1.54, 1.807) is 6.07 Å². The molecule has 0 atom stereocenters. The Morgan fingerprint density at radius 1 is 1.00 bits per heavy atom. The number of aliphatic hydroxyl groups is 1. The van der Waals surface area contributed by atoms with Crippen LogP contribution in [-0.2, 0) is 6.54 Å². The van der Waals surface area contributed by atoms with Crippen molar-refractivity contribution in [2.24, 2.45) is 5.92 Å². The van der Waals surface area contributed by atoms with Gasteiger partial charge in [-0.25, -0.2) is 0 Å². The van der Waals surface area contributed by atoms with E-state index in [0.717, 1.165) is 48.6 Å². The number of fused-ring (bicyclic) bond motifs is 1. The Morgan fingerprint density at radius 3 is 2.57 bits per heavy atom. The summed E-state index contributed by atoms with van der Waals surface area (Å²) in [5.41, 5.74) is 0.976. The van der Waals surface area contributed by atoms with Gasteiger partial charge in [-0.3, -0.25) is 0 Å². The number of aliphatic hydroxyl groups excluding tert-OH is 1. The van der Waals surface area contributed by atoms with Crippen LogP contribution >= 0.6 is 0 Å². The molecule has 0 heterocycles. The van der Waals surface area contributed by atoms with E-state index >= 15 is 0 Å². The molecule has 0 aromatic heterocycles. The van der Waals surface area contributed by atoms with Crippen molar-refractivity contribution in [1.82, 2.24) is 5.32 Å². The highest BCUT2D eigenvalue weighted by molar-refractivity contribution is 5.87. The third-order valence-electron chi connectivity index (χ3n) is 4.57. The molecule has 1 aliphatic rings. The monoisotopic (exact) mass is 285 g/mol. The van der Waals surface area contributed by atoms with E-state index < -0.39 is 0 Å². The summed E-state index contributed by atoms with van der Waals surface area (Å²) in [5.74, 6) is 1.01. The molecule has 2 aromatic rings. The highest BCUT2D eigenvalue weighted by Gasteiger charge is 2.19. The highest BCUT2D eigenvalue weighted by Crippen LogP contribution is 2.27. The van der Waals surface area contributed by atoms with Crippen LogP contribution in [0.5, 0.6) is 5.75 Å². The first kappa shape index (κ1) is 14.4. The lowest BCUT2D eigenvalue weighted by Gasteiger charge is -2.25. The van der Waals surface area contributed by atoms with Crippen molar-refractivity contribution in [1.29, 1.82) is 0 Å². The number of aromatic hydroxyl groups is 1. The summed E-state index contributed by atoms with van der Waals surface area (Å²) >= 11 is 0. The molecule has 1 fully saturated rings. The molecule has 0 amide bonds. The molecule has 3 nitrogen and oxygen atoms in total. The minimum atomic E-state index is -0.0941. The fourth-order valence-corrected chi connectivity index (χ4v) is 3.26. The first-order valence-electron chi connectivity index (χ1n) is 7.82. The van der Waals surface area contributed by atoms with Gasteiger partial charge in [-0.15, -0.1) is 0 Å². The Morgan fingerprint density at radius 2 is 1.76 bits per heavy atom. The van der Waals surface area contributed by atoms with Crippen molar-refractivity contribution >= 4 is 10.8 Å². The largest absolute Gasteiger partial charge is 0.508 e. The van der Waals surface area contributed by atoms with Crippen molar-refractivity contribution < 1.29 is 10.2 Å². The lowest BCUT2D eigenvalue weighted by atomic mass is 9.87. The van der Waals surface area contributed by atoms with Crippen LogP contribution in [0.2, 0.25) is 0 Å². The molecule has 0 unspecified atom stereocenters. The number of phenols is 1. The van der Waals surface area contributed by atoms with Crippen molar-refractivity contribution in [3.8, 4) is 5.75 Å². The normalized spacial score (nSPS) is 22.5. The summed E-state index contributed by atoms with van der Waals surface area (Å²) in [6.07, 6.45) is 3.94. The summed E-state index contributed by atoms with van der Waals surface area (Å²) in [5, 5.41) is 25.4. The van der Waals surface area contributed by atoms with Gasteiger partial charge in [-0.05, 0) is 55.0 Å². The van der Waals surface area contributed by atoms with E-state index in [-0.39, 0.29) is 6.10 Å². The number of hydrogen-bond acceptors (Lipinski definition) is 3. The molecule has 0 radical (unpaired) electrons. The Kier molecular flexibility index (Phi) is 4.42. The van der Waals surface area contributed by atoms with Gasteiger partial charge in [0, 0.05) is 12.1 Å². The maximum atomic E-state index is 10.1. The van der Waals surface area contributed by atoms with Gasteiger partial charge >= 0.3 is 0 Å². The van der Waals surface area contributed by atoms with E-state index in [2.05, 4.69) is 17.4 Å². The topological polar surface area (TPSA) is 52.5 Å². The highest BCUT2D eigenvalue weighted by atomic mass is 16.3. The molecule has 0 aliphatic heterocycles. The SMILES string of the molecule is Oc1ccc2ccccc2c1CNCC1CCC(O)CC1. The quantitative estimate of drug-likeness (QED) is 0.808. The van der Waals surface area contributed by atoms with Crippen molar-refractivity contribution in [3.63, 3.8) is 0 Å². The first-order valence-corrected chi connectivity index (χ1v) is 7.82. The standard InChI is InChI=1S/C18H23NO2/c20-15-8-5-13(6-9-15)11-19-12-17-16-4-2-1-3-14(16)7-10-18(17)21/h1-4,7,10,13,15,19-21H,5-6,8-9,11-12H2. The number of hydrogen-bond donors (Lipinski definition) is 3. The molecule has 112 valence electrons. The maximum Gasteiger partial charge on any atom is 0.120 e. The molecular formula is C18H23NO2. The van der Waals surface area contributed by atoms with Crippen molar-refractivity contribution in [2.75, 3.05) is 6.54 Å². The van der Waals surface area contributed by atoms with Crippen LogP contribution in [-0.4, -0.2) is 22.9 Å². The molecule has 2 aromatic carbocycles. The van der Waals surface area contributed by atoms with Gasteiger partial charge in [0.15, 0.2) is 0 Å². The average Bonchev–Trinajstić information content (AvgIpc) is 2.51. The Labute approximate surface area is 125 Å². The zero-order valence-corrected chi connectivity index (χ0v) is 12.3. The fraction of sp³-hybridized carbons (Fsp3) is 0.444. The molecule has 3 N–H and O–H groups in total. The number of rotatable bonds is 4. The predicted molar refractivity (Wildman–Crippen MR) is 85.3 cm³/mol. The summed E-state index contributed by atoms with van der Waals surface area (Å²) < 4.78 is 0.